The predicted octanol–water partition coefficient (Wildman–Crippen LogP) is 1.51. The molecule has 0 amide bonds. The zero-order chi connectivity index (χ0) is 13.1. The van der Waals surface area contributed by atoms with Crippen molar-refractivity contribution < 1.29 is 23.9 Å². The van der Waals surface area contributed by atoms with Gasteiger partial charge in [-0.2, -0.15) is 0 Å². The molecule has 0 N–H and O–H groups in total. The predicted molar refractivity (Wildman–Crippen MR) is 59.3 cm³/mol. The maximum atomic E-state index is 11.1. The fraction of sp³-hybridized carbons (Fsp3) is 0.364. The standard InChI is InChI=1S/C11H10NO6/c1-7(4-16-5-13)8-2-3-9-11(18-6-17-9)10(8)12(14)15/h2-3,7H,4,6H2,1H3. The summed E-state index contributed by atoms with van der Waals surface area (Å²) in [5.41, 5.74) is 0.284. The van der Waals surface area contributed by atoms with Gasteiger partial charge in [-0.25, -0.2) is 4.79 Å². The molecule has 1 heterocycles. The van der Waals surface area contributed by atoms with Gasteiger partial charge in [-0.15, -0.1) is 0 Å². The lowest BCUT2D eigenvalue weighted by Crippen LogP contribution is -2.07. The van der Waals surface area contributed by atoms with Gasteiger partial charge in [-0.05, 0) is 12.1 Å². The molecule has 1 radical (unpaired) electrons. The molecule has 1 atom stereocenters. The molecule has 0 bridgehead atoms. The van der Waals surface area contributed by atoms with Crippen LogP contribution in [-0.4, -0.2) is 24.8 Å². The Kier molecular flexibility index (Phi) is 3.31. The highest BCUT2D eigenvalue weighted by molar-refractivity contribution is 5.62. The van der Waals surface area contributed by atoms with Crippen LogP contribution in [0.15, 0.2) is 12.1 Å². The first-order valence-corrected chi connectivity index (χ1v) is 5.21. The Morgan fingerprint density at radius 3 is 3.00 bits per heavy atom. The monoisotopic (exact) mass is 252 g/mol. The molecule has 1 unspecified atom stereocenters. The van der Waals surface area contributed by atoms with Gasteiger partial charge in [0.1, 0.15) is 0 Å². The van der Waals surface area contributed by atoms with E-state index in [1.807, 2.05) is 0 Å². The van der Waals surface area contributed by atoms with Crippen LogP contribution >= 0.6 is 0 Å². The van der Waals surface area contributed by atoms with Crippen LogP contribution in [0.4, 0.5) is 5.69 Å². The van der Waals surface area contributed by atoms with E-state index in [9.17, 15) is 14.9 Å². The minimum atomic E-state index is -0.524. The van der Waals surface area contributed by atoms with Gasteiger partial charge < -0.3 is 14.2 Å². The highest BCUT2D eigenvalue weighted by atomic mass is 16.7. The molecule has 1 aliphatic heterocycles. The molecular formula is C11H10NO6. The van der Waals surface area contributed by atoms with Crippen LogP contribution in [0.2, 0.25) is 0 Å². The normalized spacial score (nSPS) is 14.1. The van der Waals surface area contributed by atoms with Gasteiger partial charge in [-0.1, -0.05) is 6.92 Å². The second-order valence-corrected chi connectivity index (χ2v) is 3.79. The first-order chi connectivity index (χ1) is 8.65. The number of fused-ring (bicyclic) bond motifs is 1. The smallest absolute Gasteiger partial charge is 0.417 e. The number of carbonyl (C=O) groups excluding carboxylic acids is 1. The van der Waals surface area contributed by atoms with Gasteiger partial charge in [0.05, 0.1) is 11.5 Å². The molecule has 0 spiro atoms. The number of benzene rings is 1. The quantitative estimate of drug-likeness (QED) is 0.583. The summed E-state index contributed by atoms with van der Waals surface area (Å²) >= 11 is 0. The second kappa shape index (κ2) is 4.91. The molecule has 0 aliphatic carbocycles. The summed E-state index contributed by atoms with van der Waals surface area (Å²) in [5, 5.41) is 11.1. The minimum absolute atomic E-state index is 0.0178. The van der Waals surface area contributed by atoms with E-state index in [4.69, 9.17) is 9.47 Å². The summed E-state index contributed by atoms with van der Waals surface area (Å²) in [6, 6.07) is 3.18. The van der Waals surface area contributed by atoms with Crippen LogP contribution in [-0.2, 0) is 9.53 Å². The maximum absolute atomic E-state index is 11.1. The topological polar surface area (TPSA) is 87.9 Å². The van der Waals surface area contributed by atoms with Crippen molar-refractivity contribution in [3.63, 3.8) is 0 Å². The first-order valence-electron chi connectivity index (χ1n) is 5.21. The fourth-order valence-electron chi connectivity index (χ4n) is 1.81. The third kappa shape index (κ3) is 2.06. The lowest BCUT2D eigenvalue weighted by Gasteiger charge is -2.11. The number of nitrogens with zero attached hydrogens (tertiary/aromatic N) is 1. The molecule has 0 saturated heterocycles. The van der Waals surface area contributed by atoms with Crippen molar-refractivity contribution in [1.29, 1.82) is 0 Å². The Labute approximate surface area is 102 Å². The Bertz CT molecular complexity index is 487. The van der Waals surface area contributed by atoms with E-state index >= 15 is 0 Å². The average Bonchev–Trinajstić information content (AvgIpc) is 2.82. The van der Waals surface area contributed by atoms with E-state index in [2.05, 4.69) is 4.74 Å². The van der Waals surface area contributed by atoms with Gasteiger partial charge in [0, 0.05) is 11.5 Å². The molecule has 95 valence electrons. The molecule has 0 saturated carbocycles. The average molecular weight is 252 g/mol. The van der Waals surface area contributed by atoms with Gasteiger partial charge in [0.25, 0.3) is 0 Å². The van der Waals surface area contributed by atoms with Crippen molar-refractivity contribution in [1.82, 2.24) is 0 Å². The minimum Gasteiger partial charge on any atom is -0.457 e. The molecule has 0 aromatic heterocycles. The highest BCUT2D eigenvalue weighted by Gasteiger charge is 2.31. The summed E-state index contributed by atoms with van der Waals surface area (Å²) in [4.78, 5) is 20.6. The molecule has 7 nitrogen and oxygen atoms in total. The SMILES string of the molecule is CC(CO[C]=O)c1ccc2c(c1[N+](=O)[O-])OCO2. The van der Waals surface area contributed by atoms with Gasteiger partial charge in [-0.3, -0.25) is 10.1 Å². The van der Waals surface area contributed by atoms with Crippen LogP contribution in [0.5, 0.6) is 11.5 Å². The summed E-state index contributed by atoms with van der Waals surface area (Å²) in [6.45, 7) is 2.99. The lowest BCUT2D eigenvalue weighted by molar-refractivity contribution is -0.386. The van der Waals surface area contributed by atoms with Gasteiger partial charge in [0.15, 0.2) is 5.75 Å². The van der Waals surface area contributed by atoms with Crippen molar-refractivity contribution in [2.75, 3.05) is 13.4 Å². The summed E-state index contributed by atoms with van der Waals surface area (Å²) in [7, 11) is 0. The van der Waals surface area contributed by atoms with Crippen LogP contribution < -0.4 is 9.47 Å². The molecular weight excluding hydrogens is 242 g/mol. The third-order valence-electron chi connectivity index (χ3n) is 2.65. The third-order valence-corrected chi connectivity index (χ3v) is 2.65. The Morgan fingerprint density at radius 2 is 2.33 bits per heavy atom. The van der Waals surface area contributed by atoms with E-state index in [-0.39, 0.29) is 30.8 Å². The van der Waals surface area contributed by atoms with Crippen molar-refractivity contribution in [2.45, 2.75) is 12.8 Å². The Morgan fingerprint density at radius 1 is 1.56 bits per heavy atom. The van der Waals surface area contributed by atoms with Crippen LogP contribution in [0.25, 0.3) is 0 Å². The zero-order valence-corrected chi connectivity index (χ0v) is 9.54. The summed E-state index contributed by atoms with van der Waals surface area (Å²) in [5.74, 6) is 0.140. The van der Waals surface area contributed by atoms with E-state index in [0.717, 1.165) is 0 Å². The van der Waals surface area contributed by atoms with E-state index in [0.29, 0.717) is 11.3 Å². The number of ether oxygens (including phenoxy) is 3. The zero-order valence-electron chi connectivity index (χ0n) is 9.54. The molecule has 1 aliphatic rings. The van der Waals surface area contributed by atoms with Crippen molar-refractivity contribution in [3.05, 3.63) is 27.8 Å². The van der Waals surface area contributed by atoms with Crippen LogP contribution in [0, 0.1) is 10.1 Å². The summed E-state index contributed by atoms with van der Waals surface area (Å²) in [6.07, 6.45) is 0. The summed E-state index contributed by atoms with van der Waals surface area (Å²) < 4.78 is 14.7. The van der Waals surface area contributed by atoms with Crippen LogP contribution in [0.1, 0.15) is 18.4 Å². The molecule has 1 aromatic rings. The maximum Gasteiger partial charge on any atom is 0.417 e. The van der Waals surface area contributed by atoms with Crippen LogP contribution in [0.3, 0.4) is 0 Å². The van der Waals surface area contributed by atoms with Gasteiger partial charge >= 0.3 is 12.2 Å². The van der Waals surface area contributed by atoms with Crippen molar-refractivity contribution in [2.24, 2.45) is 0 Å². The number of nitro benzene ring substituents is 1. The van der Waals surface area contributed by atoms with E-state index < -0.39 is 4.92 Å². The van der Waals surface area contributed by atoms with Crippen molar-refractivity contribution in [3.8, 4) is 11.5 Å². The molecule has 1 aromatic carbocycles. The van der Waals surface area contributed by atoms with Crippen molar-refractivity contribution >= 4 is 12.2 Å². The Balaban J connectivity index is 2.41. The molecule has 7 heteroatoms. The number of hydrogen-bond acceptors (Lipinski definition) is 6. The number of nitro groups is 1. The van der Waals surface area contributed by atoms with E-state index in [1.54, 1.807) is 19.1 Å². The number of rotatable bonds is 5. The largest absolute Gasteiger partial charge is 0.457 e. The molecule has 0 fully saturated rings. The second-order valence-electron chi connectivity index (χ2n) is 3.79. The Hall–Kier alpha value is -2.31. The number of hydrogen-bond donors (Lipinski definition) is 0. The first kappa shape index (κ1) is 12.2. The molecule has 18 heavy (non-hydrogen) atoms. The fourth-order valence-corrected chi connectivity index (χ4v) is 1.81. The molecule has 2 rings (SSSR count). The van der Waals surface area contributed by atoms with E-state index in [1.165, 1.54) is 6.47 Å². The lowest BCUT2D eigenvalue weighted by atomic mass is 9.99. The highest BCUT2D eigenvalue weighted by Crippen LogP contribution is 2.44. The van der Waals surface area contributed by atoms with Gasteiger partial charge in [0.2, 0.25) is 12.5 Å².